The third-order valence-electron chi connectivity index (χ3n) is 6.35. The normalized spacial score (nSPS) is 14.3. The second kappa shape index (κ2) is 10.1. The van der Waals surface area contributed by atoms with Crippen LogP contribution < -0.4 is 4.74 Å². The first-order valence-corrected chi connectivity index (χ1v) is 11.9. The predicted octanol–water partition coefficient (Wildman–Crippen LogP) is 3.59. The van der Waals surface area contributed by atoms with Gasteiger partial charge in [0.1, 0.15) is 5.75 Å². The summed E-state index contributed by atoms with van der Waals surface area (Å²) in [6, 6.07) is 20.0. The summed E-state index contributed by atoms with van der Waals surface area (Å²) < 4.78 is 9.37. The molecule has 4 aromatic rings. The fourth-order valence-electron chi connectivity index (χ4n) is 4.38. The third kappa shape index (κ3) is 5.44. The first-order chi connectivity index (χ1) is 17.0. The van der Waals surface area contributed by atoms with Crippen molar-refractivity contribution in [2.75, 3.05) is 26.2 Å². The van der Waals surface area contributed by atoms with Gasteiger partial charge in [0.25, 0.3) is 5.91 Å². The second-order valence-electron chi connectivity index (χ2n) is 8.89. The van der Waals surface area contributed by atoms with Crippen LogP contribution in [0.15, 0.2) is 73.1 Å². The molecule has 2 aromatic carbocycles. The summed E-state index contributed by atoms with van der Waals surface area (Å²) in [5, 5.41) is 8.86. The van der Waals surface area contributed by atoms with E-state index in [1.165, 1.54) is 11.1 Å². The number of rotatable bonds is 7. The fraction of sp³-hybridized carbons (Fsp3) is 0.296. The maximum absolute atomic E-state index is 13.0. The van der Waals surface area contributed by atoms with Crippen LogP contribution in [0.3, 0.4) is 0 Å². The zero-order valence-corrected chi connectivity index (χ0v) is 20.2. The molecule has 1 aliphatic heterocycles. The number of aromatic nitrogens is 4. The van der Waals surface area contributed by atoms with Gasteiger partial charge in [-0.15, -0.1) is 0 Å². The van der Waals surface area contributed by atoms with Crippen molar-refractivity contribution in [1.82, 2.24) is 29.4 Å². The number of piperazine rings is 1. The number of hydrogen-bond donors (Lipinski definition) is 0. The molecular weight excluding hydrogens is 440 g/mol. The van der Waals surface area contributed by atoms with Crippen LogP contribution in [0.4, 0.5) is 0 Å². The maximum Gasteiger partial charge on any atom is 0.274 e. The number of aryl methyl sites for hydroxylation is 2. The molecule has 2 aromatic heterocycles. The first kappa shape index (κ1) is 22.9. The lowest BCUT2D eigenvalue weighted by Crippen LogP contribution is -2.48. The van der Waals surface area contributed by atoms with E-state index in [9.17, 15) is 4.79 Å². The number of nitrogens with zero attached hydrogens (tertiary/aromatic N) is 6. The van der Waals surface area contributed by atoms with E-state index in [1.54, 1.807) is 16.9 Å². The molecule has 1 saturated heterocycles. The minimum absolute atomic E-state index is 0.0341. The molecule has 0 spiro atoms. The van der Waals surface area contributed by atoms with Gasteiger partial charge in [-0.2, -0.15) is 10.2 Å². The van der Waals surface area contributed by atoms with E-state index in [0.29, 0.717) is 18.8 Å². The van der Waals surface area contributed by atoms with Gasteiger partial charge in [0.2, 0.25) is 0 Å². The number of hydrogen-bond acceptors (Lipinski definition) is 5. The molecule has 0 radical (unpaired) electrons. The van der Waals surface area contributed by atoms with E-state index < -0.39 is 0 Å². The zero-order valence-electron chi connectivity index (χ0n) is 20.2. The first-order valence-electron chi connectivity index (χ1n) is 11.9. The minimum atomic E-state index is -0.0341. The quantitative estimate of drug-likeness (QED) is 0.413. The van der Waals surface area contributed by atoms with Crippen LogP contribution in [0, 0.1) is 6.92 Å². The van der Waals surface area contributed by atoms with Crippen molar-refractivity contribution >= 4 is 5.91 Å². The van der Waals surface area contributed by atoms with Crippen LogP contribution in [0.5, 0.6) is 5.75 Å². The van der Waals surface area contributed by atoms with Gasteiger partial charge in [0, 0.05) is 57.7 Å². The minimum Gasteiger partial charge on any atom is -0.471 e. The molecule has 1 fully saturated rings. The average molecular weight is 471 g/mol. The summed E-state index contributed by atoms with van der Waals surface area (Å²) in [6.07, 6.45) is 3.85. The Labute approximate surface area is 205 Å². The molecule has 180 valence electrons. The number of benzene rings is 2. The van der Waals surface area contributed by atoms with Crippen molar-refractivity contribution in [1.29, 1.82) is 0 Å². The summed E-state index contributed by atoms with van der Waals surface area (Å²) in [6.45, 7) is 6.20. The summed E-state index contributed by atoms with van der Waals surface area (Å²) >= 11 is 0. The lowest BCUT2D eigenvalue weighted by molar-refractivity contribution is 0.0620. The van der Waals surface area contributed by atoms with Crippen molar-refractivity contribution in [3.63, 3.8) is 0 Å². The Kier molecular flexibility index (Phi) is 6.63. The Balaban J connectivity index is 1.11. The molecule has 0 N–H and O–H groups in total. The summed E-state index contributed by atoms with van der Waals surface area (Å²) in [5.41, 5.74) is 5.05. The summed E-state index contributed by atoms with van der Waals surface area (Å²) in [5.74, 6) is 0.723. The van der Waals surface area contributed by atoms with Gasteiger partial charge in [-0.3, -0.25) is 14.4 Å². The molecule has 8 nitrogen and oxygen atoms in total. The lowest BCUT2D eigenvalue weighted by atomic mass is 10.1. The molecule has 35 heavy (non-hydrogen) atoms. The van der Waals surface area contributed by atoms with Crippen LogP contribution in [-0.2, 0) is 20.3 Å². The Hall–Kier alpha value is -3.91. The molecule has 0 atom stereocenters. The Morgan fingerprint density at radius 3 is 2.31 bits per heavy atom. The highest BCUT2D eigenvalue weighted by Crippen LogP contribution is 2.22. The second-order valence-corrected chi connectivity index (χ2v) is 8.89. The van der Waals surface area contributed by atoms with E-state index >= 15 is 0 Å². The van der Waals surface area contributed by atoms with Crippen LogP contribution in [0.25, 0.3) is 11.1 Å². The highest BCUT2D eigenvalue weighted by molar-refractivity contribution is 5.92. The van der Waals surface area contributed by atoms with Gasteiger partial charge in [0.15, 0.2) is 12.4 Å². The van der Waals surface area contributed by atoms with Crippen molar-refractivity contribution in [3.8, 4) is 16.9 Å². The summed E-state index contributed by atoms with van der Waals surface area (Å²) in [4.78, 5) is 17.2. The molecule has 1 aliphatic rings. The highest BCUT2D eigenvalue weighted by Gasteiger charge is 2.24. The molecule has 1 amide bonds. The molecular formula is C27H30N6O2. The SMILES string of the molecule is Cc1nn(C)cc1CN1CCN(C(=O)c2ccn(COc3ccc(-c4ccccc4)cc3)n2)CC1. The van der Waals surface area contributed by atoms with Crippen LogP contribution in [-0.4, -0.2) is 61.4 Å². The van der Waals surface area contributed by atoms with E-state index in [1.807, 2.05) is 66.0 Å². The van der Waals surface area contributed by atoms with Crippen LogP contribution in [0.2, 0.25) is 0 Å². The molecule has 0 unspecified atom stereocenters. The van der Waals surface area contributed by atoms with Gasteiger partial charge >= 0.3 is 0 Å². The standard InChI is InChI=1S/C27H30N6O2/c1-21-24(18-30(2)28-21)19-31-14-16-32(17-15-31)27(34)26-12-13-33(29-26)20-35-25-10-8-23(9-11-25)22-6-4-3-5-7-22/h3-13,18H,14-17,19-20H2,1-2H3. The van der Waals surface area contributed by atoms with Crippen molar-refractivity contribution in [3.05, 3.63) is 90.0 Å². The summed E-state index contributed by atoms with van der Waals surface area (Å²) in [7, 11) is 1.94. The average Bonchev–Trinajstić information content (AvgIpc) is 3.49. The van der Waals surface area contributed by atoms with Crippen LogP contribution in [0.1, 0.15) is 21.7 Å². The number of ether oxygens (including phenoxy) is 1. The third-order valence-corrected chi connectivity index (χ3v) is 6.35. The number of amides is 1. The highest BCUT2D eigenvalue weighted by atomic mass is 16.5. The predicted molar refractivity (Wildman–Crippen MR) is 134 cm³/mol. The van der Waals surface area contributed by atoms with E-state index in [2.05, 4.69) is 33.4 Å². The molecule has 5 rings (SSSR count). The van der Waals surface area contributed by atoms with Gasteiger partial charge in [0.05, 0.1) is 5.69 Å². The zero-order chi connectivity index (χ0) is 24.2. The maximum atomic E-state index is 13.0. The van der Waals surface area contributed by atoms with Crippen LogP contribution >= 0.6 is 0 Å². The van der Waals surface area contributed by atoms with Gasteiger partial charge in [-0.25, -0.2) is 4.68 Å². The molecule has 0 saturated carbocycles. The lowest BCUT2D eigenvalue weighted by Gasteiger charge is -2.34. The number of carbonyl (C=O) groups is 1. The Bertz CT molecular complexity index is 1270. The van der Waals surface area contributed by atoms with E-state index in [4.69, 9.17) is 4.74 Å². The Morgan fingerprint density at radius 2 is 1.63 bits per heavy atom. The van der Waals surface area contributed by atoms with Crippen molar-refractivity contribution < 1.29 is 9.53 Å². The monoisotopic (exact) mass is 470 g/mol. The van der Waals surface area contributed by atoms with E-state index in [0.717, 1.165) is 36.6 Å². The molecule has 0 aliphatic carbocycles. The largest absolute Gasteiger partial charge is 0.471 e. The topological polar surface area (TPSA) is 68.4 Å². The molecule has 8 heteroatoms. The smallest absolute Gasteiger partial charge is 0.274 e. The van der Waals surface area contributed by atoms with Crippen molar-refractivity contribution in [2.45, 2.75) is 20.2 Å². The van der Waals surface area contributed by atoms with Gasteiger partial charge < -0.3 is 9.64 Å². The fourth-order valence-corrected chi connectivity index (χ4v) is 4.38. The van der Waals surface area contributed by atoms with Crippen molar-refractivity contribution in [2.24, 2.45) is 7.05 Å². The Morgan fingerprint density at radius 1 is 0.914 bits per heavy atom. The molecule has 0 bridgehead atoms. The van der Waals surface area contributed by atoms with Gasteiger partial charge in [-0.1, -0.05) is 42.5 Å². The molecule has 3 heterocycles. The van der Waals surface area contributed by atoms with Gasteiger partial charge in [-0.05, 0) is 36.2 Å². The number of carbonyl (C=O) groups excluding carboxylic acids is 1. The van der Waals surface area contributed by atoms with E-state index in [-0.39, 0.29) is 12.6 Å².